The Morgan fingerprint density at radius 2 is 2.11 bits per heavy atom. The van der Waals surface area contributed by atoms with Gasteiger partial charge in [-0.05, 0) is 18.6 Å². The summed E-state index contributed by atoms with van der Waals surface area (Å²) in [6, 6.07) is 5.75. The molecule has 0 bridgehead atoms. The fourth-order valence-corrected chi connectivity index (χ4v) is 1.98. The molecule has 3 N–H and O–H groups in total. The number of nitrogens with zero attached hydrogens (tertiary/aromatic N) is 3. The standard InChI is InChI=1S/C12H10ClN5/c1-6-2-3-7(4-8(6)13)9-10-11(16-5-15-10)18-12(14)17-9/h2-5H,1H3,(H3,14,15,16,17,18). The van der Waals surface area contributed by atoms with E-state index in [1.54, 1.807) is 6.33 Å². The molecule has 0 unspecified atom stereocenters. The van der Waals surface area contributed by atoms with Gasteiger partial charge in [0.05, 0.1) is 6.33 Å². The second kappa shape index (κ2) is 3.96. The van der Waals surface area contributed by atoms with Crippen molar-refractivity contribution < 1.29 is 0 Å². The molecule has 18 heavy (non-hydrogen) atoms. The first-order valence-electron chi connectivity index (χ1n) is 5.38. The average molecular weight is 260 g/mol. The Morgan fingerprint density at radius 3 is 2.89 bits per heavy atom. The molecule has 5 nitrogen and oxygen atoms in total. The number of nitrogens with one attached hydrogen (secondary N) is 1. The number of aromatic amines is 1. The molecular weight excluding hydrogens is 250 g/mol. The third-order valence-corrected chi connectivity index (χ3v) is 3.16. The number of aryl methyl sites for hydroxylation is 1. The molecule has 0 fully saturated rings. The molecule has 0 atom stereocenters. The predicted molar refractivity (Wildman–Crippen MR) is 71.3 cm³/mol. The van der Waals surface area contributed by atoms with Crippen molar-refractivity contribution in [1.29, 1.82) is 0 Å². The number of H-pyrrole nitrogens is 1. The van der Waals surface area contributed by atoms with Crippen LogP contribution in [-0.2, 0) is 0 Å². The van der Waals surface area contributed by atoms with Gasteiger partial charge in [-0.2, -0.15) is 4.98 Å². The van der Waals surface area contributed by atoms with Crippen LogP contribution in [0.3, 0.4) is 0 Å². The van der Waals surface area contributed by atoms with Gasteiger partial charge in [0, 0.05) is 10.6 Å². The number of hydrogen-bond donors (Lipinski definition) is 2. The summed E-state index contributed by atoms with van der Waals surface area (Å²) in [7, 11) is 0. The Balaban J connectivity index is 2.30. The first-order valence-corrected chi connectivity index (χ1v) is 5.76. The van der Waals surface area contributed by atoms with Crippen LogP contribution in [-0.4, -0.2) is 19.9 Å². The lowest BCUT2D eigenvalue weighted by atomic mass is 10.1. The maximum absolute atomic E-state index is 6.13. The molecule has 0 radical (unpaired) electrons. The van der Waals surface area contributed by atoms with E-state index in [2.05, 4.69) is 19.9 Å². The van der Waals surface area contributed by atoms with E-state index in [-0.39, 0.29) is 5.95 Å². The molecule has 2 aromatic heterocycles. The van der Waals surface area contributed by atoms with Crippen LogP contribution < -0.4 is 5.73 Å². The molecule has 0 saturated heterocycles. The molecule has 0 aliphatic rings. The number of halogens is 1. The van der Waals surface area contributed by atoms with Gasteiger partial charge in [0.1, 0.15) is 11.2 Å². The highest BCUT2D eigenvalue weighted by molar-refractivity contribution is 6.31. The summed E-state index contributed by atoms with van der Waals surface area (Å²) in [5, 5.41) is 0.692. The van der Waals surface area contributed by atoms with E-state index in [0.717, 1.165) is 16.6 Å². The smallest absolute Gasteiger partial charge is 0.222 e. The van der Waals surface area contributed by atoms with Crippen molar-refractivity contribution in [3.05, 3.63) is 35.1 Å². The number of nitrogens with two attached hydrogens (primary N) is 1. The normalized spacial score (nSPS) is 11.0. The summed E-state index contributed by atoms with van der Waals surface area (Å²) in [4.78, 5) is 15.4. The van der Waals surface area contributed by atoms with Crippen molar-refractivity contribution in [3.63, 3.8) is 0 Å². The minimum Gasteiger partial charge on any atom is -0.368 e. The number of anilines is 1. The van der Waals surface area contributed by atoms with Crippen LogP contribution in [0, 0.1) is 6.92 Å². The molecular formula is C12H10ClN5. The fraction of sp³-hybridized carbons (Fsp3) is 0.0833. The van der Waals surface area contributed by atoms with Crippen molar-refractivity contribution in [2.75, 3.05) is 5.73 Å². The van der Waals surface area contributed by atoms with Gasteiger partial charge in [-0.3, -0.25) is 0 Å². The predicted octanol–water partition coefficient (Wildman–Crippen LogP) is 2.56. The SMILES string of the molecule is Cc1ccc(-c2nc(N)nc3nc[nH]c23)cc1Cl. The van der Waals surface area contributed by atoms with Crippen molar-refractivity contribution in [2.24, 2.45) is 0 Å². The summed E-state index contributed by atoms with van der Waals surface area (Å²) in [5.41, 5.74) is 9.59. The second-order valence-electron chi connectivity index (χ2n) is 4.00. The highest BCUT2D eigenvalue weighted by Crippen LogP contribution is 2.28. The summed E-state index contributed by atoms with van der Waals surface area (Å²) in [6.45, 7) is 1.95. The first-order chi connectivity index (χ1) is 8.65. The van der Waals surface area contributed by atoms with Crippen LogP contribution in [0.1, 0.15) is 5.56 Å². The number of rotatable bonds is 1. The number of imidazole rings is 1. The zero-order chi connectivity index (χ0) is 12.7. The average Bonchev–Trinajstić information content (AvgIpc) is 2.79. The molecule has 3 rings (SSSR count). The maximum Gasteiger partial charge on any atom is 0.222 e. The van der Waals surface area contributed by atoms with Crippen molar-refractivity contribution in [2.45, 2.75) is 6.92 Å². The van der Waals surface area contributed by atoms with E-state index >= 15 is 0 Å². The van der Waals surface area contributed by atoms with E-state index in [9.17, 15) is 0 Å². The van der Waals surface area contributed by atoms with Crippen LogP contribution in [0.2, 0.25) is 5.02 Å². The third-order valence-electron chi connectivity index (χ3n) is 2.75. The van der Waals surface area contributed by atoms with Gasteiger partial charge in [0.15, 0.2) is 5.65 Å². The van der Waals surface area contributed by atoms with E-state index in [1.165, 1.54) is 0 Å². The van der Waals surface area contributed by atoms with Gasteiger partial charge in [-0.25, -0.2) is 9.97 Å². The lowest BCUT2D eigenvalue weighted by Crippen LogP contribution is -1.98. The van der Waals surface area contributed by atoms with Crippen LogP contribution >= 0.6 is 11.6 Å². The van der Waals surface area contributed by atoms with E-state index < -0.39 is 0 Å². The molecule has 3 aromatic rings. The largest absolute Gasteiger partial charge is 0.368 e. The van der Waals surface area contributed by atoms with Gasteiger partial charge >= 0.3 is 0 Å². The Bertz CT molecular complexity index is 734. The van der Waals surface area contributed by atoms with Gasteiger partial charge in [0.2, 0.25) is 5.95 Å². The monoisotopic (exact) mass is 259 g/mol. The van der Waals surface area contributed by atoms with Gasteiger partial charge in [0.25, 0.3) is 0 Å². The molecule has 6 heteroatoms. The summed E-state index contributed by atoms with van der Waals surface area (Å²) in [5.74, 6) is 0.196. The van der Waals surface area contributed by atoms with E-state index in [4.69, 9.17) is 17.3 Å². The highest BCUT2D eigenvalue weighted by Gasteiger charge is 2.11. The minimum atomic E-state index is 0.196. The maximum atomic E-state index is 6.13. The number of benzene rings is 1. The Labute approximate surface area is 108 Å². The van der Waals surface area contributed by atoms with Crippen LogP contribution in [0.5, 0.6) is 0 Å². The number of hydrogen-bond acceptors (Lipinski definition) is 4. The van der Waals surface area contributed by atoms with Gasteiger partial charge in [-0.1, -0.05) is 23.7 Å². The second-order valence-corrected chi connectivity index (χ2v) is 4.40. The zero-order valence-electron chi connectivity index (χ0n) is 9.61. The molecule has 0 saturated carbocycles. The Morgan fingerprint density at radius 1 is 1.28 bits per heavy atom. The number of aromatic nitrogens is 4. The topological polar surface area (TPSA) is 80.5 Å². The minimum absolute atomic E-state index is 0.196. The number of nitrogen functional groups attached to an aromatic ring is 1. The third kappa shape index (κ3) is 1.69. The fourth-order valence-electron chi connectivity index (χ4n) is 1.80. The number of fused-ring (bicyclic) bond motifs is 1. The van der Waals surface area contributed by atoms with Gasteiger partial charge in [-0.15, -0.1) is 0 Å². The zero-order valence-corrected chi connectivity index (χ0v) is 10.4. The summed E-state index contributed by atoms with van der Waals surface area (Å²) < 4.78 is 0. The summed E-state index contributed by atoms with van der Waals surface area (Å²) in [6.07, 6.45) is 1.57. The molecule has 0 amide bonds. The van der Waals surface area contributed by atoms with E-state index in [0.29, 0.717) is 16.4 Å². The van der Waals surface area contributed by atoms with Gasteiger partial charge < -0.3 is 10.7 Å². The van der Waals surface area contributed by atoms with Crippen molar-refractivity contribution in [1.82, 2.24) is 19.9 Å². The van der Waals surface area contributed by atoms with E-state index in [1.807, 2.05) is 25.1 Å². The Kier molecular flexibility index (Phi) is 2.41. The van der Waals surface area contributed by atoms with Crippen molar-refractivity contribution in [3.8, 4) is 11.3 Å². The van der Waals surface area contributed by atoms with Crippen molar-refractivity contribution >= 4 is 28.7 Å². The molecule has 0 spiro atoms. The molecule has 0 aliphatic carbocycles. The quantitative estimate of drug-likeness (QED) is 0.704. The lowest BCUT2D eigenvalue weighted by molar-refractivity contribution is 1.22. The lowest BCUT2D eigenvalue weighted by Gasteiger charge is -2.05. The first kappa shape index (κ1) is 11.0. The Hall–Kier alpha value is -2.14. The molecule has 0 aliphatic heterocycles. The molecule has 1 aromatic carbocycles. The summed E-state index contributed by atoms with van der Waals surface area (Å²) >= 11 is 6.13. The molecule has 90 valence electrons. The van der Waals surface area contributed by atoms with Crippen LogP contribution in [0.25, 0.3) is 22.4 Å². The molecule has 2 heterocycles. The van der Waals surface area contributed by atoms with Crippen LogP contribution in [0.15, 0.2) is 24.5 Å². The highest BCUT2D eigenvalue weighted by atomic mass is 35.5. The van der Waals surface area contributed by atoms with Crippen LogP contribution in [0.4, 0.5) is 5.95 Å².